The number of carbonyl (C=O) groups is 3. The summed E-state index contributed by atoms with van der Waals surface area (Å²) in [6.07, 6.45) is -2.10. The van der Waals surface area contributed by atoms with Crippen LogP contribution >= 0.6 is 40.0 Å². The van der Waals surface area contributed by atoms with Gasteiger partial charge in [-0.15, -0.1) is 0 Å². The summed E-state index contributed by atoms with van der Waals surface area (Å²) >= 11 is 4.74. The molecule has 3 aliphatic carbocycles. The molecule has 3 fully saturated rings. The minimum absolute atomic E-state index is 0.0193. The van der Waals surface area contributed by atoms with Crippen LogP contribution in [-0.4, -0.2) is 70.1 Å². The molecule has 4 N–H and O–H groups in total. The molecule has 41 heavy (non-hydrogen) atoms. The molecule has 0 spiro atoms. The predicted molar refractivity (Wildman–Crippen MR) is 167 cm³/mol. The van der Waals surface area contributed by atoms with Gasteiger partial charge in [-0.05, 0) is 43.3 Å². The Labute approximate surface area is 272 Å². The van der Waals surface area contributed by atoms with Gasteiger partial charge in [0.25, 0.3) is 0 Å². The SMILES string of the molecule is CC(=O)O[C@@]12COC1C[C@H](C)[C@@]1(C)C(=O)[C@H](C)C3=C(C)C(OC(=O)C(O)C(C)N)CC(O)([C@@H](C)C21)C3(C)C.[I][V][I]. The van der Waals surface area contributed by atoms with Crippen molar-refractivity contribution >= 4 is 57.7 Å². The van der Waals surface area contributed by atoms with E-state index in [9.17, 15) is 24.6 Å². The molecule has 0 aromatic rings. The zero-order valence-electron chi connectivity index (χ0n) is 25.4. The van der Waals surface area contributed by atoms with Gasteiger partial charge in [0.1, 0.15) is 18.0 Å². The molecule has 1 heterocycles. The first-order valence-corrected chi connectivity index (χ1v) is 23.2. The maximum absolute atomic E-state index is 14.6. The number of rotatable bonds is 4. The van der Waals surface area contributed by atoms with E-state index in [0.29, 0.717) is 21.5 Å². The molecule has 0 radical (unpaired) electrons. The molecular formula is C29H45I2NO8V. The van der Waals surface area contributed by atoms with Gasteiger partial charge in [-0.2, -0.15) is 0 Å². The second-order valence-electron chi connectivity index (χ2n) is 13.3. The first-order valence-electron chi connectivity index (χ1n) is 14.1. The van der Waals surface area contributed by atoms with Crippen LogP contribution in [0, 0.1) is 34.5 Å². The van der Waals surface area contributed by atoms with Gasteiger partial charge in [0.15, 0.2) is 11.7 Å². The van der Waals surface area contributed by atoms with Gasteiger partial charge in [0.2, 0.25) is 0 Å². The number of carbonyl (C=O) groups excluding carboxylic acids is 3. The molecule has 2 bridgehead atoms. The average Bonchev–Trinajstić information content (AvgIpc) is 2.86. The molecule has 4 aliphatic rings. The number of ketones is 1. The molecule has 9 nitrogen and oxygen atoms in total. The van der Waals surface area contributed by atoms with Crippen LogP contribution in [0.3, 0.4) is 0 Å². The average molecular weight is 840 g/mol. The standard InChI is InChI=1S/C29H45NO8.2HI.V/c1-13-10-20-28(12-36-20,38-18(6)31)23-16(4)29(35)11-19(37-25(34)22(32)17(5)30)14(2)21(26(29,7)8)15(3)24(33)27(13,23)9;;;/h13,15-17,19-20,22-23,32,35H,10-12,30H2,1-9H3;2*1H;/q;;;+2/p-2/t13-,15+,16-,17?,19?,20?,22?,23?,27+,28-,29?;;;/m0.../s1. The summed E-state index contributed by atoms with van der Waals surface area (Å²) < 4.78 is 17.8. The molecule has 1 aliphatic heterocycles. The van der Waals surface area contributed by atoms with Gasteiger partial charge in [0, 0.05) is 42.1 Å². The van der Waals surface area contributed by atoms with Crippen LogP contribution in [0.25, 0.3) is 0 Å². The third-order valence-electron chi connectivity index (χ3n) is 10.9. The summed E-state index contributed by atoms with van der Waals surface area (Å²) in [6.45, 7) is 16.5. The van der Waals surface area contributed by atoms with E-state index < -0.39 is 70.0 Å². The Morgan fingerprint density at radius 1 is 1.20 bits per heavy atom. The van der Waals surface area contributed by atoms with Gasteiger partial charge < -0.3 is 30.2 Å². The molecular weight excluding hydrogens is 795 g/mol. The summed E-state index contributed by atoms with van der Waals surface area (Å²) in [7, 11) is 0.628. The van der Waals surface area contributed by atoms with E-state index in [1.54, 1.807) is 0 Å². The number of ether oxygens (including phenoxy) is 3. The van der Waals surface area contributed by atoms with E-state index in [1.807, 2.05) is 48.5 Å². The summed E-state index contributed by atoms with van der Waals surface area (Å²) in [5.74, 6) is -3.05. The fourth-order valence-corrected chi connectivity index (χ4v) is 8.72. The summed E-state index contributed by atoms with van der Waals surface area (Å²) in [5.41, 5.74) is 2.92. The van der Waals surface area contributed by atoms with Crippen LogP contribution in [0.15, 0.2) is 11.1 Å². The van der Waals surface area contributed by atoms with E-state index >= 15 is 0 Å². The van der Waals surface area contributed by atoms with Crippen molar-refractivity contribution < 1.29 is 48.3 Å². The predicted octanol–water partition coefficient (Wildman–Crippen LogP) is 4.07. The van der Waals surface area contributed by atoms with Gasteiger partial charge in [-0.1, -0.05) is 41.5 Å². The number of hydrogen-bond donors (Lipinski definition) is 3. The van der Waals surface area contributed by atoms with E-state index in [1.165, 1.54) is 13.8 Å². The summed E-state index contributed by atoms with van der Waals surface area (Å²) in [4.78, 5) is 39.8. The van der Waals surface area contributed by atoms with Crippen molar-refractivity contribution in [2.75, 3.05) is 6.61 Å². The summed E-state index contributed by atoms with van der Waals surface area (Å²) in [6, 6.07) is -0.827. The second-order valence-corrected chi connectivity index (χ2v) is 25.1. The molecule has 0 aromatic carbocycles. The van der Waals surface area contributed by atoms with Crippen LogP contribution < -0.4 is 5.73 Å². The van der Waals surface area contributed by atoms with Crippen LogP contribution in [0.5, 0.6) is 0 Å². The normalized spacial score (nSPS) is 42.4. The van der Waals surface area contributed by atoms with Crippen LogP contribution in [0.1, 0.15) is 75.2 Å². The molecule has 4 rings (SSSR count). The van der Waals surface area contributed by atoms with Crippen molar-refractivity contribution in [2.24, 2.45) is 40.2 Å². The van der Waals surface area contributed by atoms with Gasteiger partial charge in [-0.3, -0.25) is 9.59 Å². The number of nitrogens with two attached hydrogens (primary N) is 1. The monoisotopic (exact) mass is 840 g/mol. The topological polar surface area (TPSA) is 145 Å². The number of aliphatic hydroxyl groups is 2. The third kappa shape index (κ3) is 5.52. The van der Waals surface area contributed by atoms with Gasteiger partial charge >= 0.3 is 61.4 Å². The Morgan fingerprint density at radius 2 is 1.76 bits per heavy atom. The van der Waals surface area contributed by atoms with Crippen molar-refractivity contribution in [3.8, 4) is 0 Å². The Hall–Kier alpha value is 0.234. The quantitative estimate of drug-likeness (QED) is 0.217. The van der Waals surface area contributed by atoms with Crippen molar-refractivity contribution in [3.05, 3.63) is 11.1 Å². The number of fused-ring (bicyclic) bond motifs is 5. The molecule has 233 valence electrons. The second kappa shape index (κ2) is 12.6. The summed E-state index contributed by atoms with van der Waals surface area (Å²) in [5, 5.41) is 23.0. The molecule has 2 saturated carbocycles. The maximum atomic E-state index is 14.6. The minimum atomic E-state index is -1.51. The zero-order chi connectivity index (χ0) is 31.5. The van der Waals surface area contributed by atoms with Gasteiger partial charge in [0.05, 0.1) is 12.2 Å². The third-order valence-corrected chi connectivity index (χ3v) is 10.9. The molecule has 0 amide bonds. The number of esters is 2. The first-order chi connectivity index (χ1) is 18.8. The number of halogens is 2. The molecule has 1 saturated heterocycles. The molecule has 6 unspecified atom stereocenters. The Balaban J connectivity index is 0.00000147. The number of aliphatic hydroxyl groups excluding tert-OH is 1. The van der Waals surface area contributed by atoms with Gasteiger partial charge in [-0.25, -0.2) is 4.79 Å². The first kappa shape index (κ1) is 35.7. The van der Waals surface area contributed by atoms with E-state index in [-0.39, 0.29) is 30.8 Å². The van der Waals surface area contributed by atoms with Crippen LogP contribution in [0.4, 0.5) is 0 Å². The Morgan fingerprint density at radius 3 is 2.22 bits per heavy atom. The Kier molecular flexibility index (Phi) is 10.9. The van der Waals surface area contributed by atoms with Crippen LogP contribution in [0.2, 0.25) is 0 Å². The van der Waals surface area contributed by atoms with Crippen molar-refractivity contribution in [2.45, 2.75) is 111 Å². The molecule has 0 aromatic heterocycles. The van der Waals surface area contributed by atoms with Crippen molar-refractivity contribution in [3.63, 3.8) is 0 Å². The van der Waals surface area contributed by atoms with E-state index in [2.05, 4.69) is 40.0 Å². The van der Waals surface area contributed by atoms with E-state index in [0.717, 1.165) is 5.57 Å². The molecule has 11 atom stereocenters. The van der Waals surface area contributed by atoms with E-state index in [4.69, 9.17) is 19.9 Å². The fourth-order valence-electron chi connectivity index (χ4n) is 8.72. The zero-order valence-corrected chi connectivity index (χ0v) is 31.1. The van der Waals surface area contributed by atoms with Crippen molar-refractivity contribution in [1.82, 2.24) is 0 Å². The number of hydrogen-bond acceptors (Lipinski definition) is 9. The van der Waals surface area contributed by atoms with Crippen molar-refractivity contribution in [1.29, 1.82) is 0 Å². The van der Waals surface area contributed by atoms with Crippen LogP contribution in [-0.2, 0) is 38.1 Å². The number of Topliss-reactive ketones (excluding diaryl/α,β-unsaturated/α-hetero) is 1. The Bertz CT molecular complexity index is 1100. The molecule has 12 heteroatoms. The fraction of sp³-hybridized carbons (Fsp3) is 0.828.